The van der Waals surface area contributed by atoms with Crippen LogP contribution in [0.5, 0.6) is 0 Å². The average Bonchev–Trinajstić information content (AvgIpc) is 2.84. The summed E-state index contributed by atoms with van der Waals surface area (Å²) in [6.45, 7) is 2.14. The van der Waals surface area contributed by atoms with Crippen LogP contribution >= 0.6 is 11.8 Å². The molecule has 1 fully saturated rings. The molecule has 2 N–H and O–H groups in total. The van der Waals surface area contributed by atoms with Gasteiger partial charge in [-0.1, -0.05) is 18.2 Å². The minimum absolute atomic E-state index is 0.0885. The SMILES string of the molecule is CSC(=N)c1ccc(C(=O)N2CCOCC2)cc1Nc1ncc(-c2ccccc2F)cn1. The Kier molecular flexibility index (Phi) is 6.77. The van der Waals surface area contributed by atoms with Crippen LogP contribution in [0.3, 0.4) is 0 Å². The van der Waals surface area contributed by atoms with Crippen LogP contribution in [0.1, 0.15) is 15.9 Å². The maximum atomic E-state index is 14.0. The predicted octanol–water partition coefficient (Wildman–Crippen LogP) is 4.19. The Morgan fingerprint density at radius 2 is 1.88 bits per heavy atom. The molecular weight excluding hydrogens is 429 g/mol. The fourth-order valence-corrected chi connectivity index (χ4v) is 3.78. The van der Waals surface area contributed by atoms with Gasteiger partial charge in [-0.05, 0) is 30.5 Å². The molecule has 1 aromatic heterocycles. The van der Waals surface area contributed by atoms with Crippen LogP contribution < -0.4 is 5.32 Å². The Bertz CT molecular complexity index is 1130. The Morgan fingerprint density at radius 1 is 1.16 bits per heavy atom. The van der Waals surface area contributed by atoms with Gasteiger partial charge < -0.3 is 15.0 Å². The fraction of sp³-hybridized carbons (Fsp3) is 0.217. The molecule has 2 heterocycles. The van der Waals surface area contributed by atoms with E-state index in [0.717, 1.165) is 0 Å². The molecule has 164 valence electrons. The molecule has 0 unspecified atom stereocenters. The van der Waals surface area contributed by atoms with Crippen molar-refractivity contribution in [1.82, 2.24) is 14.9 Å². The fourth-order valence-electron chi connectivity index (χ4n) is 3.39. The molecule has 1 saturated heterocycles. The molecule has 0 bridgehead atoms. The Labute approximate surface area is 189 Å². The zero-order valence-corrected chi connectivity index (χ0v) is 18.3. The number of hydrogen-bond donors (Lipinski definition) is 2. The van der Waals surface area contributed by atoms with E-state index in [1.807, 2.05) is 6.26 Å². The lowest BCUT2D eigenvalue weighted by molar-refractivity contribution is 0.0303. The van der Waals surface area contributed by atoms with Crippen LogP contribution in [0.15, 0.2) is 54.9 Å². The summed E-state index contributed by atoms with van der Waals surface area (Å²) in [5.74, 6) is -0.146. The molecule has 1 aliphatic heterocycles. The van der Waals surface area contributed by atoms with E-state index in [-0.39, 0.29) is 17.7 Å². The lowest BCUT2D eigenvalue weighted by Crippen LogP contribution is -2.40. The average molecular weight is 452 g/mol. The van der Waals surface area contributed by atoms with Crippen LogP contribution in [-0.2, 0) is 4.74 Å². The van der Waals surface area contributed by atoms with Gasteiger partial charge >= 0.3 is 0 Å². The maximum Gasteiger partial charge on any atom is 0.254 e. The summed E-state index contributed by atoms with van der Waals surface area (Å²) in [6.07, 6.45) is 4.89. The first-order chi connectivity index (χ1) is 15.6. The molecule has 1 aliphatic rings. The van der Waals surface area contributed by atoms with Gasteiger partial charge in [-0.3, -0.25) is 10.2 Å². The second kappa shape index (κ2) is 9.88. The number of anilines is 2. The highest BCUT2D eigenvalue weighted by Crippen LogP contribution is 2.26. The summed E-state index contributed by atoms with van der Waals surface area (Å²) in [6, 6.07) is 11.6. The summed E-state index contributed by atoms with van der Waals surface area (Å²) >= 11 is 1.30. The number of carbonyl (C=O) groups excluding carboxylic acids is 1. The van der Waals surface area contributed by atoms with E-state index < -0.39 is 0 Å². The van der Waals surface area contributed by atoms with Crippen molar-refractivity contribution in [1.29, 1.82) is 5.41 Å². The molecule has 1 amide bonds. The third-order valence-corrected chi connectivity index (χ3v) is 5.72. The minimum Gasteiger partial charge on any atom is -0.378 e. The van der Waals surface area contributed by atoms with Crippen molar-refractivity contribution >= 4 is 34.3 Å². The largest absolute Gasteiger partial charge is 0.378 e. The zero-order valence-electron chi connectivity index (χ0n) is 17.5. The quantitative estimate of drug-likeness (QED) is 0.447. The van der Waals surface area contributed by atoms with Gasteiger partial charge in [0.05, 0.1) is 23.9 Å². The number of benzene rings is 2. The number of halogens is 1. The van der Waals surface area contributed by atoms with Crippen molar-refractivity contribution in [3.05, 3.63) is 71.8 Å². The highest BCUT2D eigenvalue weighted by atomic mass is 32.2. The van der Waals surface area contributed by atoms with Crippen LogP contribution in [0, 0.1) is 11.2 Å². The molecule has 0 spiro atoms. The number of rotatable bonds is 5. The summed E-state index contributed by atoms with van der Waals surface area (Å²) in [7, 11) is 0. The van der Waals surface area contributed by atoms with Crippen LogP contribution in [0.25, 0.3) is 11.1 Å². The van der Waals surface area contributed by atoms with Gasteiger partial charge in [-0.15, -0.1) is 11.8 Å². The van der Waals surface area contributed by atoms with E-state index in [4.69, 9.17) is 10.1 Å². The highest BCUT2D eigenvalue weighted by Gasteiger charge is 2.20. The lowest BCUT2D eigenvalue weighted by atomic mass is 10.1. The van der Waals surface area contributed by atoms with Gasteiger partial charge in [-0.25, -0.2) is 14.4 Å². The van der Waals surface area contributed by atoms with Gasteiger partial charge in [-0.2, -0.15) is 0 Å². The van der Waals surface area contributed by atoms with E-state index >= 15 is 0 Å². The molecule has 4 rings (SSSR count). The highest BCUT2D eigenvalue weighted by molar-refractivity contribution is 8.13. The molecule has 9 heteroatoms. The summed E-state index contributed by atoms with van der Waals surface area (Å²) < 4.78 is 19.4. The number of amides is 1. The zero-order chi connectivity index (χ0) is 22.5. The molecule has 0 aliphatic carbocycles. The maximum absolute atomic E-state index is 14.0. The number of hydrogen-bond acceptors (Lipinski definition) is 7. The monoisotopic (exact) mass is 451 g/mol. The first-order valence-corrected chi connectivity index (χ1v) is 11.3. The third-order valence-electron chi connectivity index (χ3n) is 5.10. The van der Waals surface area contributed by atoms with Gasteiger partial charge in [0.15, 0.2) is 0 Å². The Balaban J connectivity index is 1.61. The minimum atomic E-state index is -0.346. The second-order valence-electron chi connectivity index (χ2n) is 7.10. The van der Waals surface area contributed by atoms with E-state index in [1.165, 1.54) is 30.2 Å². The lowest BCUT2D eigenvalue weighted by Gasteiger charge is -2.27. The topological polar surface area (TPSA) is 91.2 Å². The number of aromatic nitrogens is 2. The summed E-state index contributed by atoms with van der Waals surface area (Å²) in [5.41, 5.74) is 2.68. The van der Waals surface area contributed by atoms with Crippen molar-refractivity contribution in [2.75, 3.05) is 37.9 Å². The first kappa shape index (κ1) is 21.9. The van der Waals surface area contributed by atoms with Crippen LogP contribution in [0.2, 0.25) is 0 Å². The van der Waals surface area contributed by atoms with Crippen molar-refractivity contribution in [3.63, 3.8) is 0 Å². The number of carbonyl (C=O) groups is 1. The number of ether oxygens (including phenoxy) is 1. The number of nitrogens with one attached hydrogen (secondary N) is 2. The molecule has 3 aromatic rings. The molecule has 0 saturated carbocycles. The molecule has 32 heavy (non-hydrogen) atoms. The third kappa shape index (κ3) is 4.79. The van der Waals surface area contributed by atoms with E-state index in [9.17, 15) is 9.18 Å². The van der Waals surface area contributed by atoms with E-state index in [0.29, 0.717) is 59.3 Å². The van der Waals surface area contributed by atoms with E-state index in [2.05, 4.69) is 15.3 Å². The number of thioether (sulfide) groups is 1. The molecule has 7 nitrogen and oxygen atoms in total. The summed E-state index contributed by atoms with van der Waals surface area (Å²) in [4.78, 5) is 23.3. The van der Waals surface area contributed by atoms with Crippen molar-refractivity contribution in [3.8, 4) is 11.1 Å². The van der Waals surface area contributed by atoms with Crippen molar-refractivity contribution < 1.29 is 13.9 Å². The molecule has 2 aromatic carbocycles. The van der Waals surface area contributed by atoms with Gasteiger partial charge in [0.1, 0.15) is 5.82 Å². The van der Waals surface area contributed by atoms with Crippen molar-refractivity contribution in [2.24, 2.45) is 0 Å². The molecule has 0 atom stereocenters. The molecular formula is C23H22FN5O2S. The first-order valence-electron chi connectivity index (χ1n) is 10.0. The number of morpholine rings is 1. The number of nitrogens with zero attached hydrogens (tertiary/aromatic N) is 3. The Morgan fingerprint density at radius 3 is 2.56 bits per heavy atom. The second-order valence-corrected chi connectivity index (χ2v) is 7.91. The Hall–Kier alpha value is -3.30. The standard InChI is InChI=1S/C23H22FN5O2S/c1-32-21(25)18-7-6-15(22(30)29-8-10-31-11-9-29)12-20(18)28-23-26-13-16(14-27-23)17-4-2-3-5-19(17)24/h2-7,12-14,25H,8-11H2,1H3,(H,26,27,28). The molecule has 0 radical (unpaired) electrons. The van der Waals surface area contributed by atoms with Crippen LogP contribution in [-0.4, -0.2) is 58.4 Å². The predicted molar refractivity (Wildman–Crippen MR) is 124 cm³/mol. The van der Waals surface area contributed by atoms with Gasteiger partial charge in [0, 0.05) is 47.7 Å². The van der Waals surface area contributed by atoms with Crippen molar-refractivity contribution in [2.45, 2.75) is 0 Å². The van der Waals surface area contributed by atoms with Crippen LogP contribution in [0.4, 0.5) is 16.0 Å². The normalized spacial score (nSPS) is 13.6. The van der Waals surface area contributed by atoms with Gasteiger partial charge in [0.25, 0.3) is 5.91 Å². The van der Waals surface area contributed by atoms with Gasteiger partial charge in [0.2, 0.25) is 5.95 Å². The summed E-state index contributed by atoms with van der Waals surface area (Å²) in [5, 5.41) is 11.7. The van der Waals surface area contributed by atoms with E-state index in [1.54, 1.807) is 41.3 Å². The smallest absolute Gasteiger partial charge is 0.254 e.